The van der Waals surface area contributed by atoms with Crippen molar-refractivity contribution in [3.8, 4) is 11.5 Å². The Balaban J connectivity index is 2.72. The fraction of sp³-hybridized carbons (Fsp3) is 0.529. The summed E-state index contributed by atoms with van der Waals surface area (Å²) in [6.45, 7) is 4.30. The van der Waals surface area contributed by atoms with E-state index >= 15 is 0 Å². The van der Waals surface area contributed by atoms with Crippen LogP contribution in [-0.4, -0.2) is 56.2 Å². The summed E-state index contributed by atoms with van der Waals surface area (Å²) in [5.41, 5.74) is 1.92. The molecule has 1 aromatic carbocycles. The molecule has 1 unspecified atom stereocenters. The minimum absolute atomic E-state index is 0.00806. The number of nitrogens with one attached hydrogen (secondary N) is 1. The first kappa shape index (κ1) is 19.8. The quantitative estimate of drug-likeness (QED) is 0.711. The summed E-state index contributed by atoms with van der Waals surface area (Å²) in [6, 6.07) is 3.52. The van der Waals surface area contributed by atoms with Crippen molar-refractivity contribution in [3.05, 3.63) is 23.3 Å². The third-order valence-electron chi connectivity index (χ3n) is 3.74. The van der Waals surface area contributed by atoms with Crippen LogP contribution in [0.2, 0.25) is 0 Å². The van der Waals surface area contributed by atoms with Gasteiger partial charge in [-0.3, -0.25) is 14.5 Å². The number of carboxylic acids is 1. The molecule has 0 bridgehead atoms. The Morgan fingerprint density at radius 2 is 1.83 bits per heavy atom. The van der Waals surface area contributed by atoms with Crippen molar-refractivity contribution in [3.63, 3.8) is 0 Å². The maximum atomic E-state index is 12.1. The van der Waals surface area contributed by atoms with Gasteiger partial charge in [-0.25, -0.2) is 0 Å². The molecule has 0 aromatic heterocycles. The molecule has 0 heterocycles. The van der Waals surface area contributed by atoms with Gasteiger partial charge < -0.3 is 19.9 Å². The van der Waals surface area contributed by atoms with Crippen molar-refractivity contribution in [2.75, 3.05) is 34.4 Å². The van der Waals surface area contributed by atoms with Crippen LogP contribution in [0.25, 0.3) is 0 Å². The first-order valence-electron chi connectivity index (χ1n) is 7.70. The molecule has 1 amide bonds. The number of aliphatic carboxylic acids is 1. The zero-order valence-electron chi connectivity index (χ0n) is 14.9. The number of rotatable bonds is 9. The van der Waals surface area contributed by atoms with Crippen molar-refractivity contribution in [2.24, 2.45) is 0 Å². The summed E-state index contributed by atoms with van der Waals surface area (Å²) in [7, 11) is 4.86. The van der Waals surface area contributed by atoms with Crippen LogP contribution in [0.1, 0.15) is 30.5 Å². The number of aryl methyl sites for hydroxylation is 1. The lowest BCUT2D eigenvalue weighted by Gasteiger charge is -2.21. The summed E-state index contributed by atoms with van der Waals surface area (Å²) in [4.78, 5) is 24.3. The van der Waals surface area contributed by atoms with Gasteiger partial charge in [0.1, 0.15) is 0 Å². The minimum Gasteiger partial charge on any atom is -0.493 e. The van der Waals surface area contributed by atoms with Gasteiger partial charge in [-0.15, -0.1) is 0 Å². The summed E-state index contributed by atoms with van der Waals surface area (Å²) < 4.78 is 10.6. The van der Waals surface area contributed by atoms with Gasteiger partial charge in [-0.2, -0.15) is 0 Å². The van der Waals surface area contributed by atoms with E-state index in [-0.39, 0.29) is 24.9 Å². The maximum absolute atomic E-state index is 12.1. The molecule has 0 radical (unpaired) electrons. The number of nitrogens with zero attached hydrogens (tertiary/aromatic N) is 1. The second-order valence-electron chi connectivity index (χ2n) is 5.73. The maximum Gasteiger partial charge on any atom is 0.304 e. The number of carboxylic acid groups (broad SMARTS) is 1. The van der Waals surface area contributed by atoms with Crippen molar-refractivity contribution < 1.29 is 24.2 Å². The van der Waals surface area contributed by atoms with Crippen LogP contribution >= 0.6 is 0 Å². The molecular formula is C17H26N2O5. The SMILES string of the molecule is COc1cc(C)c(C(C)NC(=O)CN(C)CCC(=O)O)cc1OC. The van der Waals surface area contributed by atoms with E-state index in [1.807, 2.05) is 26.0 Å². The van der Waals surface area contributed by atoms with Crippen LogP contribution in [0.3, 0.4) is 0 Å². The lowest BCUT2D eigenvalue weighted by Crippen LogP contribution is -2.37. The number of methoxy groups -OCH3 is 2. The average molecular weight is 338 g/mol. The number of amides is 1. The highest BCUT2D eigenvalue weighted by Gasteiger charge is 2.16. The molecule has 1 rings (SSSR count). The molecule has 0 fully saturated rings. The van der Waals surface area contributed by atoms with E-state index in [0.29, 0.717) is 18.0 Å². The number of carbonyl (C=O) groups excluding carboxylic acids is 1. The van der Waals surface area contributed by atoms with Crippen molar-refractivity contribution >= 4 is 11.9 Å². The summed E-state index contributed by atoms with van der Waals surface area (Å²) in [5.74, 6) is 0.213. The lowest BCUT2D eigenvalue weighted by molar-refractivity contribution is -0.137. The Morgan fingerprint density at radius 1 is 1.25 bits per heavy atom. The van der Waals surface area contributed by atoms with E-state index in [1.165, 1.54) is 0 Å². The Bertz CT molecular complexity index is 589. The molecule has 0 spiro atoms. The largest absolute Gasteiger partial charge is 0.493 e. The van der Waals surface area contributed by atoms with Crippen molar-refractivity contribution in [1.82, 2.24) is 10.2 Å². The van der Waals surface area contributed by atoms with E-state index in [0.717, 1.165) is 11.1 Å². The number of hydrogen-bond acceptors (Lipinski definition) is 5. The second-order valence-corrected chi connectivity index (χ2v) is 5.73. The topological polar surface area (TPSA) is 88.1 Å². The number of carbonyl (C=O) groups is 2. The summed E-state index contributed by atoms with van der Waals surface area (Å²) in [6.07, 6.45) is 0.00806. The monoisotopic (exact) mass is 338 g/mol. The first-order chi connectivity index (χ1) is 11.3. The van der Waals surface area contributed by atoms with Gasteiger partial charge >= 0.3 is 5.97 Å². The summed E-state index contributed by atoms with van der Waals surface area (Å²) >= 11 is 0. The highest BCUT2D eigenvalue weighted by Crippen LogP contribution is 2.32. The van der Waals surface area contributed by atoms with Crippen LogP contribution in [0.15, 0.2) is 12.1 Å². The van der Waals surface area contributed by atoms with Crippen LogP contribution < -0.4 is 14.8 Å². The minimum atomic E-state index is -0.878. The molecule has 24 heavy (non-hydrogen) atoms. The molecule has 0 aliphatic heterocycles. The molecule has 1 atom stereocenters. The molecule has 0 saturated carbocycles. The van der Waals surface area contributed by atoms with E-state index in [2.05, 4.69) is 5.32 Å². The predicted octanol–water partition coefficient (Wildman–Crippen LogP) is 1.60. The standard InChI is InChI=1S/C17H26N2O5/c1-11-8-14(23-4)15(24-5)9-13(11)12(2)18-16(20)10-19(3)7-6-17(21)22/h8-9,12H,6-7,10H2,1-5H3,(H,18,20)(H,21,22). The van der Waals surface area contributed by atoms with E-state index in [4.69, 9.17) is 14.6 Å². The Kier molecular flexibility index (Phi) is 7.51. The third kappa shape index (κ3) is 5.73. The average Bonchev–Trinajstić information content (AvgIpc) is 2.52. The Labute approximate surface area is 142 Å². The molecule has 7 nitrogen and oxygen atoms in total. The zero-order valence-corrected chi connectivity index (χ0v) is 14.9. The second kappa shape index (κ2) is 9.12. The summed E-state index contributed by atoms with van der Waals surface area (Å²) in [5, 5.41) is 11.6. The molecule has 0 saturated heterocycles. The number of ether oxygens (including phenoxy) is 2. The van der Waals surface area contributed by atoms with E-state index in [1.54, 1.807) is 26.2 Å². The fourth-order valence-corrected chi connectivity index (χ4v) is 2.44. The van der Waals surface area contributed by atoms with Crippen LogP contribution in [0, 0.1) is 6.92 Å². The van der Waals surface area contributed by atoms with E-state index < -0.39 is 5.97 Å². The number of benzene rings is 1. The smallest absolute Gasteiger partial charge is 0.304 e. The molecule has 2 N–H and O–H groups in total. The van der Waals surface area contributed by atoms with E-state index in [9.17, 15) is 9.59 Å². The molecule has 7 heteroatoms. The zero-order chi connectivity index (χ0) is 18.3. The van der Waals surface area contributed by atoms with Crippen molar-refractivity contribution in [1.29, 1.82) is 0 Å². The molecular weight excluding hydrogens is 312 g/mol. The number of likely N-dealkylation sites (N-methyl/N-ethyl adjacent to an activating group) is 1. The van der Waals surface area contributed by atoms with Crippen molar-refractivity contribution in [2.45, 2.75) is 26.3 Å². The van der Waals surface area contributed by atoms with Gasteiger partial charge in [-0.05, 0) is 44.2 Å². The predicted molar refractivity (Wildman–Crippen MR) is 90.6 cm³/mol. The molecule has 0 aliphatic rings. The Hall–Kier alpha value is -2.28. The normalized spacial score (nSPS) is 11.9. The van der Waals surface area contributed by atoms with Gasteiger partial charge in [0.15, 0.2) is 11.5 Å². The van der Waals surface area contributed by atoms with Gasteiger partial charge in [0.2, 0.25) is 5.91 Å². The van der Waals surface area contributed by atoms with Crippen LogP contribution in [0.4, 0.5) is 0 Å². The number of hydrogen-bond donors (Lipinski definition) is 2. The van der Waals surface area contributed by atoms with Crippen LogP contribution in [0.5, 0.6) is 11.5 Å². The molecule has 1 aromatic rings. The lowest BCUT2D eigenvalue weighted by atomic mass is 10.0. The van der Waals surface area contributed by atoms with Gasteiger partial charge in [0, 0.05) is 6.54 Å². The highest BCUT2D eigenvalue weighted by molar-refractivity contribution is 5.78. The van der Waals surface area contributed by atoms with Gasteiger partial charge in [0.05, 0.1) is 33.2 Å². The molecule has 0 aliphatic carbocycles. The van der Waals surface area contributed by atoms with Gasteiger partial charge in [-0.1, -0.05) is 0 Å². The van der Waals surface area contributed by atoms with Crippen LogP contribution in [-0.2, 0) is 9.59 Å². The first-order valence-corrected chi connectivity index (χ1v) is 7.70. The molecule has 134 valence electrons. The fourth-order valence-electron chi connectivity index (χ4n) is 2.44. The van der Waals surface area contributed by atoms with Gasteiger partial charge in [0.25, 0.3) is 0 Å². The highest BCUT2D eigenvalue weighted by atomic mass is 16.5. The third-order valence-corrected chi connectivity index (χ3v) is 3.74. The Morgan fingerprint density at radius 3 is 2.38 bits per heavy atom.